The molecule has 58 valence electrons. The van der Waals surface area contributed by atoms with Gasteiger partial charge in [0.05, 0.1) is 18.2 Å². The van der Waals surface area contributed by atoms with Crippen LogP contribution in [0.3, 0.4) is 0 Å². The number of nitriles is 1. The molecule has 11 heavy (non-hydrogen) atoms. The van der Waals surface area contributed by atoms with Crippen molar-refractivity contribution >= 4 is 0 Å². The molecule has 0 aliphatic carbocycles. The van der Waals surface area contributed by atoms with Gasteiger partial charge in [0.2, 0.25) is 0 Å². The van der Waals surface area contributed by atoms with E-state index in [1.165, 1.54) is 0 Å². The Labute approximate surface area is 66.3 Å². The SMILES string of the molecule is CCn1cc(C(C)C#N)cn1. The molecule has 1 aromatic rings. The fourth-order valence-corrected chi connectivity index (χ4v) is 0.851. The van der Waals surface area contributed by atoms with Gasteiger partial charge in [-0.25, -0.2) is 0 Å². The van der Waals surface area contributed by atoms with Crippen LogP contribution in [-0.2, 0) is 6.54 Å². The topological polar surface area (TPSA) is 41.6 Å². The van der Waals surface area contributed by atoms with E-state index in [0.717, 1.165) is 12.1 Å². The number of nitrogens with zero attached hydrogens (tertiary/aromatic N) is 3. The second-order valence-corrected chi connectivity index (χ2v) is 2.48. The summed E-state index contributed by atoms with van der Waals surface area (Å²) in [6.07, 6.45) is 3.66. The molecule has 0 saturated heterocycles. The van der Waals surface area contributed by atoms with E-state index < -0.39 is 0 Å². The highest BCUT2D eigenvalue weighted by Gasteiger charge is 2.04. The second kappa shape index (κ2) is 3.20. The molecular weight excluding hydrogens is 138 g/mol. The molecule has 0 saturated carbocycles. The highest BCUT2D eigenvalue weighted by molar-refractivity contribution is 5.16. The second-order valence-electron chi connectivity index (χ2n) is 2.48. The molecule has 3 heteroatoms. The van der Waals surface area contributed by atoms with E-state index in [2.05, 4.69) is 11.2 Å². The number of aromatic nitrogens is 2. The van der Waals surface area contributed by atoms with Crippen molar-refractivity contribution in [3.63, 3.8) is 0 Å². The molecule has 1 heterocycles. The first-order valence-corrected chi connectivity index (χ1v) is 3.70. The summed E-state index contributed by atoms with van der Waals surface area (Å²) in [6, 6.07) is 2.17. The summed E-state index contributed by atoms with van der Waals surface area (Å²) >= 11 is 0. The Hall–Kier alpha value is -1.30. The molecule has 0 radical (unpaired) electrons. The van der Waals surface area contributed by atoms with Gasteiger partial charge in [-0.05, 0) is 13.8 Å². The third-order valence-electron chi connectivity index (χ3n) is 1.67. The van der Waals surface area contributed by atoms with Crippen molar-refractivity contribution in [3.8, 4) is 6.07 Å². The van der Waals surface area contributed by atoms with Crippen LogP contribution in [0.1, 0.15) is 25.3 Å². The van der Waals surface area contributed by atoms with Crippen LogP contribution < -0.4 is 0 Å². The largest absolute Gasteiger partial charge is 0.273 e. The van der Waals surface area contributed by atoms with Crippen LogP contribution in [0.15, 0.2) is 12.4 Å². The van der Waals surface area contributed by atoms with Gasteiger partial charge in [-0.15, -0.1) is 0 Å². The quantitative estimate of drug-likeness (QED) is 0.639. The first-order chi connectivity index (χ1) is 5.27. The number of hydrogen-bond acceptors (Lipinski definition) is 2. The van der Waals surface area contributed by atoms with Crippen LogP contribution in [0.25, 0.3) is 0 Å². The summed E-state index contributed by atoms with van der Waals surface area (Å²) in [7, 11) is 0. The third-order valence-corrected chi connectivity index (χ3v) is 1.67. The highest BCUT2D eigenvalue weighted by Crippen LogP contribution is 2.11. The van der Waals surface area contributed by atoms with Gasteiger partial charge in [0.25, 0.3) is 0 Å². The van der Waals surface area contributed by atoms with Gasteiger partial charge >= 0.3 is 0 Å². The summed E-state index contributed by atoms with van der Waals surface area (Å²) in [5, 5.41) is 12.7. The third kappa shape index (κ3) is 1.58. The Morgan fingerprint density at radius 2 is 2.55 bits per heavy atom. The fraction of sp³-hybridized carbons (Fsp3) is 0.500. The smallest absolute Gasteiger partial charge is 0.0715 e. The van der Waals surface area contributed by atoms with Crippen LogP contribution in [0.2, 0.25) is 0 Å². The van der Waals surface area contributed by atoms with E-state index in [1.807, 2.05) is 24.7 Å². The Morgan fingerprint density at radius 1 is 1.82 bits per heavy atom. The molecule has 0 fully saturated rings. The summed E-state index contributed by atoms with van der Waals surface area (Å²) in [5.41, 5.74) is 0.995. The van der Waals surface area contributed by atoms with Crippen molar-refractivity contribution in [2.75, 3.05) is 0 Å². The first-order valence-electron chi connectivity index (χ1n) is 3.70. The minimum absolute atomic E-state index is 0.0460. The average molecular weight is 149 g/mol. The Balaban J connectivity index is 2.82. The lowest BCUT2D eigenvalue weighted by molar-refractivity contribution is 0.659. The molecule has 0 bridgehead atoms. The maximum atomic E-state index is 8.58. The van der Waals surface area contributed by atoms with E-state index >= 15 is 0 Å². The van der Waals surface area contributed by atoms with E-state index in [9.17, 15) is 0 Å². The van der Waals surface area contributed by atoms with Crippen LogP contribution in [0, 0.1) is 11.3 Å². The van der Waals surface area contributed by atoms with Gasteiger partial charge in [-0.3, -0.25) is 4.68 Å². The molecule has 1 atom stereocenters. The molecule has 1 rings (SSSR count). The van der Waals surface area contributed by atoms with Crippen molar-refractivity contribution in [1.82, 2.24) is 9.78 Å². The standard InChI is InChI=1S/C8H11N3/c1-3-11-6-8(5-10-11)7(2)4-9/h5-7H,3H2,1-2H3. The summed E-state index contributed by atoms with van der Waals surface area (Å²) in [4.78, 5) is 0. The fourth-order valence-electron chi connectivity index (χ4n) is 0.851. The van der Waals surface area contributed by atoms with Gasteiger partial charge < -0.3 is 0 Å². The van der Waals surface area contributed by atoms with Crippen molar-refractivity contribution in [3.05, 3.63) is 18.0 Å². The zero-order chi connectivity index (χ0) is 8.27. The van der Waals surface area contributed by atoms with Crippen molar-refractivity contribution in [1.29, 1.82) is 5.26 Å². The molecule has 1 aromatic heterocycles. The van der Waals surface area contributed by atoms with Crippen LogP contribution in [0.5, 0.6) is 0 Å². The lowest BCUT2D eigenvalue weighted by Gasteiger charge is -1.94. The average Bonchev–Trinajstić information content (AvgIpc) is 2.50. The summed E-state index contributed by atoms with van der Waals surface area (Å²) in [5.74, 6) is -0.0460. The predicted octanol–water partition coefficient (Wildman–Crippen LogP) is 1.53. The van der Waals surface area contributed by atoms with Crippen LogP contribution in [0.4, 0.5) is 0 Å². The molecule has 0 spiro atoms. The first kappa shape index (κ1) is 7.80. The van der Waals surface area contributed by atoms with Gasteiger partial charge in [-0.1, -0.05) is 0 Å². The molecule has 3 nitrogen and oxygen atoms in total. The van der Waals surface area contributed by atoms with Crippen molar-refractivity contribution < 1.29 is 0 Å². The minimum atomic E-state index is -0.0460. The molecule has 0 N–H and O–H groups in total. The molecule has 0 aromatic carbocycles. The lowest BCUT2D eigenvalue weighted by atomic mass is 10.1. The van der Waals surface area contributed by atoms with Gasteiger partial charge in [-0.2, -0.15) is 10.4 Å². The number of rotatable bonds is 2. The molecule has 0 aliphatic heterocycles. The van der Waals surface area contributed by atoms with E-state index in [1.54, 1.807) is 6.20 Å². The zero-order valence-electron chi connectivity index (χ0n) is 6.78. The Morgan fingerprint density at radius 3 is 3.00 bits per heavy atom. The molecule has 0 amide bonds. The highest BCUT2D eigenvalue weighted by atomic mass is 15.3. The minimum Gasteiger partial charge on any atom is -0.273 e. The number of aryl methyl sites for hydroxylation is 1. The Kier molecular flexibility index (Phi) is 2.27. The predicted molar refractivity (Wildman–Crippen MR) is 41.9 cm³/mol. The van der Waals surface area contributed by atoms with Crippen molar-refractivity contribution in [2.24, 2.45) is 0 Å². The molecule has 0 aliphatic rings. The monoisotopic (exact) mass is 149 g/mol. The van der Waals surface area contributed by atoms with E-state index in [-0.39, 0.29) is 5.92 Å². The van der Waals surface area contributed by atoms with E-state index in [0.29, 0.717) is 0 Å². The molecular formula is C8H11N3. The lowest BCUT2D eigenvalue weighted by Crippen LogP contribution is -1.92. The van der Waals surface area contributed by atoms with E-state index in [4.69, 9.17) is 5.26 Å². The maximum absolute atomic E-state index is 8.58. The van der Waals surface area contributed by atoms with Crippen LogP contribution >= 0.6 is 0 Å². The zero-order valence-corrected chi connectivity index (χ0v) is 6.78. The Bertz CT molecular complexity index is 269. The summed E-state index contributed by atoms with van der Waals surface area (Å²) in [6.45, 7) is 4.75. The molecule has 1 unspecified atom stereocenters. The maximum Gasteiger partial charge on any atom is 0.0715 e. The summed E-state index contributed by atoms with van der Waals surface area (Å²) < 4.78 is 1.82. The van der Waals surface area contributed by atoms with Gasteiger partial charge in [0.1, 0.15) is 0 Å². The number of hydrogen-bond donors (Lipinski definition) is 0. The van der Waals surface area contributed by atoms with Gasteiger partial charge in [0.15, 0.2) is 0 Å². The van der Waals surface area contributed by atoms with Crippen molar-refractivity contribution in [2.45, 2.75) is 26.3 Å². The van der Waals surface area contributed by atoms with Crippen LogP contribution in [-0.4, -0.2) is 9.78 Å². The van der Waals surface area contributed by atoms with Gasteiger partial charge in [0, 0.05) is 18.3 Å². The normalized spacial score (nSPS) is 12.5.